The Morgan fingerprint density at radius 1 is 1.33 bits per heavy atom. The van der Waals surface area contributed by atoms with Gasteiger partial charge in [0.05, 0.1) is 6.54 Å². The van der Waals surface area contributed by atoms with Crippen molar-refractivity contribution in [2.45, 2.75) is 19.9 Å². The maximum atomic E-state index is 12.9. The van der Waals surface area contributed by atoms with Gasteiger partial charge in [0.15, 0.2) is 5.76 Å². The van der Waals surface area contributed by atoms with Crippen LogP contribution in [0.15, 0.2) is 34.7 Å². The van der Waals surface area contributed by atoms with Gasteiger partial charge in [-0.1, -0.05) is 6.07 Å². The molecule has 18 heavy (non-hydrogen) atoms. The van der Waals surface area contributed by atoms with E-state index in [0.29, 0.717) is 11.5 Å². The molecule has 0 aliphatic rings. The largest absolute Gasteiger partial charge is 0.457 e. The topological polar surface area (TPSA) is 56.2 Å². The molecule has 4 heteroatoms. The van der Waals surface area contributed by atoms with E-state index in [0.717, 1.165) is 11.1 Å². The van der Waals surface area contributed by atoms with Crippen LogP contribution in [0.25, 0.3) is 0 Å². The highest BCUT2D eigenvalue weighted by Crippen LogP contribution is 2.15. The summed E-state index contributed by atoms with van der Waals surface area (Å²) in [4.78, 5) is 12.0. The standard InChI is InChI=1S/C14H14FNO2/c1-9-6-11(15)3-2-10(9)7-13(17)14-5-4-12(8-16)18-14/h2-6H,7-8,16H2,1H3. The van der Waals surface area contributed by atoms with Crippen LogP contribution in [0.3, 0.4) is 0 Å². The molecule has 0 saturated heterocycles. The highest BCUT2D eigenvalue weighted by molar-refractivity contribution is 5.95. The van der Waals surface area contributed by atoms with Crippen LogP contribution in [-0.2, 0) is 13.0 Å². The number of carbonyl (C=O) groups excluding carboxylic acids is 1. The third-order valence-corrected chi connectivity index (χ3v) is 2.79. The summed E-state index contributed by atoms with van der Waals surface area (Å²) < 4.78 is 18.2. The minimum atomic E-state index is -0.299. The molecule has 0 bridgehead atoms. The van der Waals surface area contributed by atoms with Crippen LogP contribution in [-0.4, -0.2) is 5.78 Å². The zero-order valence-corrected chi connectivity index (χ0v) is 10.1. The van der Waals surface area contributed by atoms with Crippen LogP contribution in [0.4, 0.5) is 4.39 Å². The van der Waals surface area contributed by atoms with Gasteiger partial charge >= 0.3 is 0 Å². The molecule has 1 aromatic heterocycles. The number of carbonyl (C=O) groups is 1. The molecular weight excluding hydrogens is 233 g/mol. The van der Waals surface area contributed by atoms with Crippen molar-refractivity contribution in [1.29, 1.82) is 0 Å². The Hall–Kier alpha value is -1.94. The molecule has 0 amide bonds. The van der Waals surface area contributed by atoms with Crippen LogP contribution in [0.1, 0.15) is 27.4 Å². The normalized spacial score (nSPS) is 10.6. The fraction of sp³-hybridized carbons (Fsp3) is 0.214. The van der Waals surface area contributed by atoms with E-state index in [4.69, 9.17) is 10.2 Å². The number of hydrogen-bond acceptors (Lipinski definition) is 3. The van der Waals surface area contributed by atoms with E-state index < -0.39 is 0 Å². The maximum absolute atomic E-state index is 12.9. The second kappa shape index (κ2) is 5.14. The van der Waals surface area contributed by atoms with Crippen molar-refractivity contribution >= 4 is 5.78 Å². The number of furan rings is 1. The molecule has 1 heterocycles. The van der Waals surface area contributed by atoms with E-state index in [-0.39, 0.29) is 24.6 Å². The lowest BCUT2D eigenvalue weighted by atomic mass is 10.0. The Morgan fingerprint density at radius 2 is 2.11 bits per heavy atom. The molecule has 1 aromatic carbocycles. The van der Waals surface area contributed by atoms with Crippen LogP contribution in [0, 0.1) is 12.7 Å². The summed E-state index contributed by atoms with van der Waals surface area (Å²) >= 11 is 0. The van der Waals surface area contributed by atoms with Gasteiger partial charge in [0.2, 0.25) is 5.78 Å². The summed E-state index contributed by atoms with van der Waals surface area (Å²) in [7, 11) is 0. The number of halogens is 1. The number of ketones is 1. The molecule has 94 valence electrons. The third-order valence-electron chi connectivity index (χ3n) is 2.79. The van der Waals surface area contributed by atoms with E-state index >= 15 is 0 Å². The van der Waals surface area contributed by atoms with E-state index in [2.05, 4.69) is 0 Å². The Bertz CT molecular complexity index is 575. The molecule has 3 nitrogen and oxygen atoms in total. The SMILES string of the molecule is Cc1cc(F)ccc1CC(=O)c1ccc(CN)o1. The predicted octanol–water partition coefficient (Wildman–Crippen LogP) is 2.61. The minimum absolute atomic E-state index is 0.135. The maximum Gasteiger partial charge on any atom is 0.202 e. The second-order valence-corrected chi connectivity index (χ2v) is 4.14. The Balaban J connectivity index is 2.16. The van der Waals surface area contributed by atoms with Gasteiger partial charge in [-0.2, -0.15) is 0 Å². The molecule has 0 spiro atoms. The van der Waals surface area contributed by atoms with E-state index in [9.17, 15) is 9.18 Å². The van der Waals surface area contributed by atoms with Crippen molar-refractivity contribution in [3.8, 4) is 0 Å². The zero-order valence-electron chi connectivity index (χ0n) is 10.1. The summed E-state index contributed by atoms with van der Waals surface area (Å²) in [6.45, 7) is 2.04. The highest BCUT2D eigenvalue weighted by Gasteiger charge is 2.13. The summed E-state index contributed by atoms with van der Waals surface area (Å²) in [5.74, 6) is 0.435. The summed E-state index contributed by atoms with van der Waals surface area (Å²) in [5.41, 5.74) is 6.97. The Morgan fingerprint density at radius 3 is 2.72 bits per heavy atom. The van der Waals surface area contributed by atoms with Gasteiger partial charge in [0.1, 0.15) is 11.6 Å². The molecule has 0 aliphatic carbocycles. The van der Waals surface area contributed by atoms with Crippen molar-refractivity contribution in [1.82, 2.24) is 0 Å². The predicted molar refractivity (Wildman–Crippen MR) is 65.8 cm³/mol. The number of Topliss-reactive ketones (excluding diaryl/α,β-unsaturated/α-hetero) is 1. The third kappa shape index (κ3) is 2.65. The van der Waals surface area contributed by atoms with Crippen LogP contribution < -0.4 is 5.73 Å². The first kappa shape index (κ1) is 12.5. The van der Waals surface area contributed by atoms with Crippen LogP contribution in [0.2, 0.25) is 0 Å². The number of nitrogens with two attached hydrogens (primary N) is 1. The van der Waals surface area contributed by atoms with Crippen molar-refractivity contribution in [2.75, 3.05) is 0 Å². The zero-order chi connectivity index (χ0) is 13.1. The van der Waals surface area contributed by atoms with Gasteiger partial charge < -0.3 is 10.2 Å². The molecular formula is C14H14FNO2. The number of hydrogen-bond donors (Lipinski definition) is 1. The first-order valence-electron chi connectivity index (χ1n) is 5.67. The smallest absolute Gasteiger partial charge is 0.202 e. The summed E-state index contributed by atoms with van der Waals surface area (Å²) in [6, 6.07) is 7.68. The van der Waals surface area contributed by atoms with E-state index in [1.165, 1.54) is 12.1 Å². The lowest BCUT2D eigenvalue weighted by molar-refractivity contribution is 0.0964. The van der Waals surface area contributed by atoms with Crippen molar-refractivity contribution in [3.05, 3.63) is 58.8 Å². The average molecular weight is 247 g/mol. The van der Waals surface area contributed by atoms with Gasteiger partial charge in [0, 0.05) is 6.42 Å². The molecule has 0 saturated carbocycles. The van der Waals surface area contributed by atoms with Crippen LogP contribution >= 0.6 is 0 Å². The quantitative estimate of drug-likeness (QED) is 0.845. The monoisotopic (exact) mass is 247 g/mol. The first-order valence-corrected chi connectivity index (χ1v) is 5.67. The van der Waals surface area contributed by atoms with Gasteiger partial charge in [-0.15, -0.1) is 0 Å². The molecule has 2 aromatic rings. The molecule has 2 rings (SSSR count). The van der Waals surface area contributed by atoms with Crippen molar-refractivity contribution in [3.63, 3.8) is 0 Å². The van der Waals surface area contributed by atoms with Gasteiger partial charge in [-0.3, -0.25) is 4.79 Å². The van der Waals surface area contributed by atoms with Gasteiger partial charge in [0.25, 0.3) is 0 Å². The second-order valence-electron chi connectivity index (χ2n) is 4.14. The lowest BCUT2D eigenvalue weighted by Crippen LogP contribution is -2.04. The fourth-order valence-corrected chi connectivity index (χ4v) is 1.76. The Kier molecular flexibility index (Phi) is 3.58. The fourth-order valence-electron chi connectivity index (χ4n) is 1.76. The van der Waals surface area contributed by atoms with E-state index in [1.807, 2.05) is 0 Å². The summed E-state index contributed by atoms with van der Waals surface area (Å²) in [5, 5.41) is 0. The Labute approximate surface area is 104 Å². The number of rotatable bonds is 4. The number of aryl methyl sites for hydroxylation is 1. The molecule has 2 N–H and O–H groups in total. The molecule has 0 atom stereocenters. The van der Waals surface area contributed by atoms with Gasteiger partial charge in [-0.25, -0.2) is 4.39 Å². The number of benzene rings is 1. The van der Waals surface area contributed by atoms with Crippen molar-refractivity contribution < 1.29 is 13.6 Å². The van der Waals surface area contributed by atoms with E-state index in [1.54, 1.807) is 25.1 Å². The molecule has 0 aliphatic heterocycles. The molecule has 0 unspecified atom stereocenters. The average Bonchev–Trinajstić information content (AvgIpc) is 2.81. The van der Waals surface area contributed by atoms with Crippen molar-refractivity contribution in [2.24, 2.45) is 5.73 Å². The summed E-state index contributed by atoms with van der Waals surface area (Å²) in [6.07, 6.45) is 0.198. The molecule has 0 fully saturated rings. The minimum Gasteiger partial charge on any atom is -0.457 e. The first-order chi connectivity index (χ1) is 8.60. The van der Waals surface area contributed by atoms with Crippen LogP contribution in [0.5, 0.6) is 0 Å². The van der Waals surface area contributed by atoms with Gasteiger partial charge in [-0.05, 0) is 42.3 Å². The lowest BCUT2D eigenvalue weighted by Gasteiger charge is -2.03. The highest BCUT2D eigenvalue weighted by atomic mass is 19.1. The molecule has 0 radical (unpaired) electrons.